The van der Waals surface area contributed by atoms with Gasteiger partial charge in [0.1, 0.15) is 0 Å². The van der Waals surface area contributed by atoms with Crippen LogP contribution >= 0.6 is 11.6 Å². The Balaban J connectivity index is 2.27. The molecule has 0 saturated carbocycles. The molecule has 0 aliphatic rings. The number of carbonyl (C=O) groups is 2. The second-order valence-corrected chi connectivity index (χ2v) is 5.49. The minimum absolute atomic E-state index is 0.125. The van der Waals surface area contributed by atoms with Crippen LogP contribution in [0, 0.1) is 5.92 Å². The first-order valence-electron chi connectivity index (χ1n) is 6.92. The molecule has 0 aliphatic heterocycles. The second-order valence-electron chi connectivity index (χ2n) is 5.05. The van der Waals surface area contributed by atoms with E-state index >= 15 is 0 Å². The lowest BCUT2D eigenvalue weighted by Crippen LogP contribution is -2.37. The maximum atomic E-state index is 11.7. The Morgan fingerprint density at radius 1 is 1.24 bits per heavy atom. The van der Waals surface area contributed by atoms with Crippen LogP contribution in [0.4, 0.5) is 4.79 Å². The zero-order chi connectivity index (χ0) is 15.8. The van der Waals surface area contributed by atoms with Crippen LogP contribution in [0.25, 0.3) is 0 Å². The van der Waals surface area contributed by atoms with Gasteiger partial charge in [0.25, 0.3) is 0 Å². The van der Waals surface area contributed by atoms with Crippen molar-refractivity contribution in [1.29, 1.82) is 0 Å². The first kappa shape index (κ1) is 17.3. The number of hydrogen-bond donors (Lipinski definition) is 3. The lowest BCUT2D eigenvalue weighted by Gasteiger charge is -2.15. The number of urea groups is 1. The Labute approximate surface area is 129 Å². The standard InChI is InChI=1S/C15H21ClN2O3/c1-10(14(19)20)4-3-9-17-15(21)18-11(2)12-5-7-13(16)8-6-12/h5-8,10-11H,3-4,9H2,1-2H3,(H,19,20)(H2,17,18,21). The number of benzene rings is 1. The van der Waals surface area contributed by atoms with Crippen molar-refractivity contribution in [2.24, 2.45) is 5.92 Å². The SMILES string of the molecule is CC(CCCNC(=O)NC(C)c1ccc(Cl)cc1)C(=O)O. The summed E-state index contributed by atoms with van der Waals surface area (Å²) in [4.78, 5) is 22.4. The Kier molecular flexibility index (Phi) is 7.02. The number of rotatable bonds is 7. The van der Waals surface area contributed by atoms with E-state index in [4.69, 9.17) is 16.7 Å². The van der Waals surface area contributed by atoms with Crippen LogP contribution in [-0.2, 0) is 4.79 Å². The van der Waals surface area contributed by atoms with E-state index in [0.29, 0.717) is 24.4 Å². The predicted molar refractivity (Wildman–Crippen MR) is 82.4 cm³/mol. The molecule has 116 valence electrons. The smallest absolute Gasteiger partial charge is 0.315 e. The summed E-state index contributed by atoms with van der Waals surface area (Å²) in [6.45, 7) is 4.00. The van der Waals surface area contributed by atoms with Gasteiger partial charge in [-0.15, -0.1) is 0 Å². The van der Waals surface area contributed by atoms with Crippen LogP contribution in [0.3, 0.4) is 0 Å². The average molecular weight is 313 g/mol. The number of amides is 2. The summed E-state index contributed by atoms with van der Waals surface area (Å²) in [6.07, 6.45) is 1.18. The topological polar surface area (TPSA) is 78.4 Å². The van der Waals surface area contributed by atoms with Crippen molar-refractivity contribution in [2.45, 2.75) is 32.7 Å². The molecule has 2 unspecified atom stereocenters. The van der Waals surface area contributed by atoms with Crippen LogP contribution < -0.4 is 10.6 Å². The fraction of sp³-hybridized carbons (Fsp3) is 0.467. The molecule has 1 rings (SSSR count). The van der Waals surface area contributed by atoms with Gasteiger partial charge in [-0.3, -0.25) is 4.79 Å². The number of hydrogen-bond acceptors (Lipinski definition) is 2. The molecular weight excluding hydrogens is 292 g/mol. The van der Waals surface area contributed by atoms with Crippen LogP contribution in [-0.4, -0.2) is 23.7 Å². The van der Waals surface area contributed by atoms with Gasteiger partial charge in [0, 0.05) is 11.6 Å². The van der Waals surface area contributed by atoms with Gasteiger partial charge in [0.2, 0.25) is 0 Å². The van der Waals surface area contributed by atoms with E-state index in [1.165, 1.54) is 0 Å². The summed E-state index contributed by atoms with van der Waals surface area (Å²) in [5.74, 6) is -1.20. The molecule has 1 aromatic carbocycles. The van der Waals surface area contributed by atoms with Gasteiger partial charge in [0.05, 0.1) is 12.0 Å². The summed E-state index contributed by atoms with van der Waals surface area (Å²) in [6, 6.07) is 6.89. The van der Waals surface area contributed by atoms with E-state index in [9.17, 15) is 9.59 Å². The lowest BCUT2D eigenvalue weighted by atomic mass is 10.1. The van der Waals surface area contributed by atoms with Gasteiger partial charge in [-0.05, 0) is 37.5 Å². The molecule has 0 radical (unpaired) electrons. The molecule has 0 aromatic heterocycles. The zero-order valence-electron chi connectivity index (χ0n) is 12.2. The third kappa shape index (κ3) is 6.49. The maximum Gasteiger partial charge on any atom is 0.315 e. The van der Waals surface area contributed by atoms with Crippen LogP contribution in [0.2, 0.25) is 5.02 Å². The molecule has 5 nitrogen and oxygen atoms in total. The van der Waals surface area contributed by atoms with Gasteiger partial charge in [0.15, 0.2) is 0 Å². The zero-order valence-corrected chi connectivity index (χ0v) is 13.0. The summed E-state index contributed by atoms with van der Waals surface area (Å²) in [5.41, 5.74) is 0.967. The molecule has 2 amide bonds. The Morgan fingerprint density at radius 2 is 1.86 bits per heavy atom. The van der Waals surface area contributed by atoms with E-state index in [-0.39, 0.29) is 18.0 Å². The number of nitrogens with one attached hydrogen (secondary N) is 2. The molecular formula is C15H21ClN2O3. The molecule has 0 fully saturated rings. The quantitative estimate of drug-likeness (QED) is 0.676. The van der Waals surface area contributed by atoms with E-state index < -0.39 is 5.97 Å². The Bertz CT molecular complexity index is 476. The highest BCUT2D eigenvalue weighted by Gasteiger charge is 2.11. The summed E-state index contributed by atoms with van der Waals surface area (Å²) in [5, 5.41) is 14.9. The number of halogens is 1. The number of aliphatic carboxylic acids is 1. The molecule has 0 saturated heterocycles. The highest BCUT2D eigenvalue weighted by Crippen LogP contribution is 2.15. The third-order valence-corrected chi connectivity index (χ3v) is 3.49. The fourth-order valence-electron chi connectivity index (χ4n) is 1.82. The van der Waals surface area contributed by atoms with E-state index in [1.807, 2.05) is 19.1 Å². The molecule has 3 N–H and O–H groups in total. The van der Waals surface area contributed by atoms with Crippen molar-refractivity contribution >= 4 is 23.6 Å². The summed E-state index contributed by atoms with van der Waals surface area (Å²) in [7, 11) is 0. The first-order valence-corrected chi connectivity index (χ1v) is 7.30. The molecule has 1 aromatic rings. The van der Waals surface area contributed by atoms with Gasteiger partial charge in [-0.1, -0.05) is 30.7 Å². The largest absolute Gasteiger partial charge is 0.481 e. The number of carbonyl (C=O) groups excluding carboxylic acids is 1. The third-order valence-electron chi connectivity index (χ3n) is 3.24. The van der Waals surface area contributed by atoms with Gasteiger partial charge < -0.3 is 15.7 Å². The van der Waals surface area contributed by atoms with Crippen molar-refractivity contribution in [1.82, 2.24) is 10.6 Å². The van der Waals surface area contributed by atoms with Crippen LogP contribution in [0.5, 0.6) is 0 Å². The molecule has 2 atom stereocenters. The van der Waals surface area contributed by atoms with Crippen molar-refractivity contribution in [3.8, 4) is 0 Å². The van der Waals surface area contributed by atoms with Crippen molar-refractivity contribution in [2.75, 3.05) is 6.54 Å². The highest BCUT2D eigenvalue weighted by atomic mass is 35.5. The minimum atomic E-state index is -0.809. The van der Waals surface area contributed by atoms with Gasteiger partial charge >= 0.3 is 12.0 Å². The number of carboxylic acids is 1. The molecule has 0 heterocycles. The normalized spacial score (nSPS) is 13.3. The van der Waals surface area contributed by atoms with Gasteiger partial charge in [-0.25, -0.2) is 4.79 Å². The lowest BCUT2D eigenvalue weighted by molar-refractivity contribution is -0.141. The predicted octanol–water partition coefficient (Wildman–Crippen LogP) is 3.20. The van der Waals surface area contributed by atoms with E-state index in [2.05, 4.69) is 10.6 Å². The molecule has 6 heteroatoms. The van der Waals surface area contributed by atoms with Crippen LogP contribution in [0.1, 0.15) is 38.3 Å². The van der Waals surface area contributed by atoms with E-state index in [1.54, 1.807) is 19.1 Å². The van der Waals surface area contributed by atoms with Crippen molar-refractivity contribution < 1.29 is 14.7 Å². The number of carboxylic acid groups (broad SMARTS) is 1. The van der Waals surface area contributed by atoms with Crippen molar-refractivity contribution in [3.05, 3.63) is 34.9 Å². The fourth-order valence-corrected chi connectivity index (χ4v) is 1.94. The maximum absolute atomic E-state index is 11.7. The Morgan fingerprint density at radius 3 is 2.43 bits per heavy atom. The van der Waals surface area contributed by atoms with Crippen LogP contribution in [0.15, 0.2) is 24.3 Å². The monoisotopic (exact) mass is 312 g/mol. The summed E-state index contributed by atoms with van der Waals surface area (Å²) >= 11 is 5.81. The summed E-state index contributed by atoms with van der Waals surface area (Å²) < 4.78 is 0. The second kappa shape index (κ2) is 8.52. The molecule has 0 spiro atoms. The minimum Gasteiger partial charge on any atom is -0.481 e. The molecule has 0 aliphatic carbocycles. The highest BCUT2D eigenvalue weighted by molar-refractivity contribution is 6.30. The van der Waals surface area contributed by atoms with Crippen molar-refractivity contribution in [3.63, 3.8) is 0 Å². The average Bonchev–Trinajstić information content (AvgIpc) is 2.43. The molecule has 21 heavy (non-hydrogen) atoms. The molecule has 0 bridgehead atoms. The van der Waals surface area contributed by atoms with E-state index in [0.717, 1.165) is 5.56 Å². The Hall–Kier alpha value is -1.75. The first-order chi connectivity index (χ1) is 9.90. The van der Waals surface area contributed by atoms with Gasteiger partial charge in [-0.2, -0.15) is 0 Å².